The van der Waals surface area contributed by atoms with Crippen molar-refractivity contribution in [2.24, 2.45) is 0 Å². The van der Waals surface area contributed by atoms with Crippen LogP contribution in [0.5, 0.6) is 0 Å². The molecule has 1 heterocycles. The number of hydrogen-bond acceptors (Lipinski definition) is 1. The Morgan fingerprint density at radius 2 is 1.89 bits per heavy atom. The van der Waals surface area contributed by atoms with Crippen LogP contribution in [-0.4, -0.2) is 10.3 Å². The van der Waals surface area contributed by atoms with E-state index < -0.39 is 0 Å². The molecule has 18 heavy (non-hydrogen) atoms. The predicted octanol–water partition coefficient (Wildman–Crippen LogP) is 5.06. The van der Waals surface area contributed by atoms with Gasteiger partial charge in [0, 0.05) is 27.8 Å². The van der Waals surface area contributed by atoms with Gasteiger partial charge >= 0.3 is 0 Å². The average molecular weight is 367 g/mol. The topological polar surface area (TPSA) is 12.9 Å². The van der Waals surface area contributed by atoms with Gasteiger partial charge in [-0.25, -0.2) is 0 Å². The van der Waals surface area contributed by atoms with Gasteiger partial charge in [-0.15, -0.1) is 0 Å². The van der Waals surface area contributed by atoms with Crippen molar-refractivity contribution in [3.8, 4) is 0 Å². The fourth-order valence-electron chi connectivity index (χ4n) is 1.75. The van der Waals surface area contributed by atoms with E-state index in [1.807, 2.05) is 12.3 Å². The van der Waals surface area contributed by atoms with Crippen LogP contribution < -0.4 is 0 Å². The van der Waals surface area contributed by atoms with Crippen molar-refractivity contribution in [1.82, 2.24) is 4.98 Å². The Bertz CT molecular complexity index is 518. The summed E-state index contributed by atoms with van der Waals surface area (Å²) < 4.78 is 1.09. The molecule has 0 N–H and O–H groups in total. The highest BCUT2D eigenvalue weighted by atomic mass is 79.9. The van der Waals surface area contributed by atoms with Crippen LogP contribution in [0.2, 0.25) is 0 Å². The van der Waals surface area contributed by atoms with Crippen LogP contribution in [-0.2, 0) is 0 Å². The van der Waals surface area contributed by atoms with Gasteiger partial charge in [-0.1, -0.05) is 56.1 Å². The second-order valence-electron chi connectivity index (χ2n) is 3.84. The highest BCUT2D eigenvalue weighted by Crippen LogP contribution is 2.24. The Labute approximate surface area is 124 Å². The summed E-state index contributed by atoms with van der Waals surface area (Å²) in [6.07, 6.45) is 6.95. The number of allylic oxidation sites excluding steroid dienone is 1. The maximum atomic E-state index is 4.19. The molecule has 0 saturated heterocycles. The molecule has 0 aliphatic rings. The van der Waals surface area contributed by atoms with Crippen LogP contribution in [0.1, 0.15) is 17.5 Å². The standard InChI is InChI=1S/C15H13Br2N/c16-9-1-4-15(13-3-2-10-18-11-13)12-5-7-14(17)8-6-12/h2-8,10-11H,1,9H2/b15-4-. The summed E-state index contributed by atoms with van der Waals surface area (Å²) in [7, 11) is 0. The molecule has 2 rings (SSSR count). The highest BCUT2D eigenvalue weighted by Gasteiger charge is 2.04. The molecule has 0 unspecified atom stereocenters. The van der Waals surface area contributed by atoms with Gasteiger partial charge in [0.15, 0.2) is 0 Å². The third-order valence-corrected chi connectivity index (χ3v) is 3.57. The van der Waals surface area contributed by atoms with E-state index >= 15 is 0 Å². The Balaban J connectivity index is 2.40. The van der Waals surface area contributed by atoms with Crippen LogP contribution in [0.25, 0.3) is 5.57 Å². The lowest BCUT2D eigenvalue weighted by atomic mass is 9.98. The van der Waals surface area contributed by atoms with Crippen molar-refractivity contribution in [3.63, 3.8) is 0 Å². The number of benzene rings is 1. The first-order chi connectivity index (χ1) is 8.81. The molecule has 0 saturated carbocycles. The lowest BCUT2D eigenvalue weighted by Gasteiger charge is -2.08. The quantitative estimate of drug-likeness (QED) is 0.689. The fourth-order valence-corrected chi connectivity index (χ4v) is 2.25. The number of aromatic nitrogens is 1. The first-order valence-corrected chi connectivity index (χ1v) is 7.65. The fraction of sp³-hybridized carbons (Fsp3) is 0.133. The van der Waals surface area contributed by atoms with Gasteiger partial charge in [0.05, 0.1) is 0 Å². The van der Waals surface area contributed by atoms with E-state index in [1.54, 1.807) is 6.20 Å². The van der Waals surface area contributed by atoms with E-state index in [0.717, 1.165) is 21.8 Å². The van der Waals surface area contributed by atoms with Crippen LogP contribution in [0.3, 0.4) is 0 Å². The van der Waals surface area contributed by atoms with Crippen LogP contribution in [0.4, 0.5) is 0 Å². The monoisotopic (exact) mass is 365 g/mol. The Morgan fingerprint density at radius 3 is 2.50 bits per heavy atom. The second-order valence-corrected chi connectivity index (χ2v) is 5.55. The number of pyridine rings is 1. The lowest BCUT2D eigenvalue weighted by Crippen LogP contribution is -1.89. The summed E-state index contributed by atoms with van der Waals surface area (Å²) in [6, 6.07) is 12.4. The van der Waals surface area contributed by atoms with Crippen molar-refractivity contribution in [2.75, 3.05) is 5.33 Å². The maximum absolute atomic E-state index is 4.19. The molecule has 3 heteroatoms. The summed E-state index contributed by atoms with van der Waals surface area (Å²) in [5, 5.41) is 0.966. The minimum absolute atomic E-state index is 0.966. The Kier molecular flexibility index (Phi) is 5.14. The summed E-state index contributed by atoms with van der Waals surface area (Å²) >= 11 is 6.93. The second kappa shape index (κ2) is 6.86. The SMILES string of the molecule is BrCC/C=C(/c1ccc(Br)cc1)c1cccnc1. The van der Waals surface area contributed by atoms with Gasteiger partial charge in [-0.3, -0.25) is 4.98 Å². The number of halogens is 2. The van der Waals surface area contributed by atoms with E-state index in [4.69, 9.17) is 0 Å². The molecule has 92 valence electrons. The predicted molar refractivity (Wildman–Crippen MR) is 83.9 cm³/mol. The van der Waals surface area contributed by atoms with E-state index in [-0.39, 0.29) is 0 Å². The smallest absolute Gasteiger partial charge is 0.0346 e. The molecular weight excluding hydrogens is 354 g/mol. The molecular formula is C15H13Br2N. The molecule has 1 aromatic heterocycles. The van der Waals surface area contributed by atoms with Gasteiger partial charge in [0.2, 0.25) is 0 Å². The molecule has 0 spiro atoms. The number of rotatable bonds is 4. The Morgan fingerprint density at radius 1 is 1.11 bits per heavy atom. The molecule has 2 aromatic rings. The van der Waals surface area contributed by atoms with Gasteiger partial charge in [0.1, 0.15) is 0 Å². The van der Waals surface area contributed by atoms with Gasteiger partial charge < -0.3 is 0 Å². The summed E-state index contributed by atoms with van der Waals surface area (Å²) in [6.45, 7) is 0. The summed E-state index contributed by atoms with van der Waals surface area (Å²) in [4.78, 5) is 4.19. The summed E-state index contributed by atoms with van der Waals surface area (Å²) in [5.74, 6) is 0. The van der Waals surface area contributed by atoms with E-state index in [0.29, 0.717) is 0 Å². The zero-order valence-corrected chi connectivity index (χ0v) is 13.0. The lowest BCUT2D eigenvalue weighted by molar-refractivity contribution is 1.25. The number of hydrogen-bond donors (Lipinski definition) is 0. The normalized spacial score (nSPS) is 11.6. The van der Waals surface area contributed by atoms with Crippen molar-refractivity contribution in [2.45, 2.75) is 6.42 Å². The van der Waals surface area contributed by atoms with Crippen molar-refractivity contribution in [1.29, 1.82) is 0 Å². The van der Waals surface area contributed by atoms with Crippen molar-refractivity contribution >= 4 is 37.4 Å². The number of alkyl halides is 1. The van der Waals surface area contributed by atoms with Crippen molar-refractivity contribution in [3.05, 3.63) is 70.5 Å². The molecule has 0 fully saturated rings. The minimum atomic E-state index is 0.966. The third kappa shape index (κ3) is 3.53. The summed E-state index contributed by atoms with van der Waals surface area (Å²) in [5.41, 5.74) is 3.60. The van der Waals surface area contributed by atoms with E-state index in [2.05, 4.69) is 73.3 Å². The average Bonchev–Trinajstić information content (AvgIpc) is 2.42. The molecule has 0 atom stereocenters. The van der Waals surface area contributed by atoms with Gasteiger partial charge in [0.25, 0.3) is 0 Å². The zero-order valence-electron chi connectivity index (χ0n) is 9.81. The minimum Gasteiger partial charge on any atom is -0.264 e. The van der Waals surface area contributed by atoms with E-state index in [9.17, 15) is 0 Å². The largest absolute Gasteiger partial charge is 0.264 e. The molecule has 0 amide bonds. The van der Waals surface area contributed by atoms with Gasteiger partial charge in [-0.05, 0) is 35.8 Å². The Hall–Kier alpha value is -0.930. The zero-order chi connectivity index (χ0) is 12.8. The molecule has 1 nitrogen and oxygen atoms in total. The highest BCUT2D eigenvalue weighted by molar-refractivity contribution is 9.10. The van der Waals surface area contributed by atoms with Crippen LogP contribution in [0, 0.1) is 0 Å². The molecule has 0 aliphatic heterocycles. The third-order valence-electron chi connectivity index (χ3n) is 2.59. The molecule has 0 radical (unpaired) electrons. The van der Waals surface area contributed by atoms with Crippen LogP contribution in [0.15, 0.2) is 59.3 Å². The maximum Gasteiger partial charge on any atom is 0.0346 e. The number of nitrogens with zero attached hydrogens (tertiary/aromatic N) is 1. The molecule has 1 aromatic carbocycles. The van der Waals surface area contributed by atoms with Crippen molar-refractivity contribution < 1.29 is 0 Å². The first-order valence-electron chi connectivity index (χ1n) is 5.73. The van der Waals surface area contributed by atoms with E-state index in [1.165, 1.54) is 11.1 Å². The molecule has 0 aliphatic carbocycles. The first kappa shape index (κ1) is 13.5. The molecule has 0 bridgehead atoms. The van der Waals surface area contributed by atoms with Crippen LogP contribution >= 0.6 is 31.9 Å². The van der Waals surface area contributed by atoms with Gasteiger partial charge in [-0.2, -0.15) is 0 Å².